The molecule has 0 aliphatic carbocycles. The summed E-state index contributed by atoms with van der Waals surface area (Å²) in [6.45, 7) is 1.80. The van der Waals surface area contributed by atoms with Gasteiger partial charge in [-0.05, 0) is 44.3 Å². The van der Waals surface area contributed by atoms with Crippen LogP contribution in [0.3, 0.4) is 0 Å². The minimum absolute atomic E-state index is 0.219. The standard InChI is InChI=1S/C12H18ClN3OS/c1-15-8-4-10(14-17)12-11(18-15)5-9-16(12)7-3-2-6-13/h5,9-10H,2-4,6-8H2,1H3. The molecule has 1 aromatic rings. The number of nitrogens with zero attached hydrogens (tertiary/aromatic N) is 3. The summed E-state index contributed by atoms with van der Waals surface area (Å²) in [5, 5.41) is 3.31. The number of hydrogen-bond donors (Lipinski definition) is 0. The lowest BCUT2D eigenvalue weighted by molar-refractivity contribution is 0.488. The van der Waals surface area contributed by atoms with Gasteiger partial charge in [-0.2, -0.15) is 4.91 Å². The molecule has 0 saturated heterocycles. The molecule has 0 bridgehead atoms. The van der Waals surface area contributed by atoms with Crippen molar-refractivity contribution < 1.29 is 0 Å². The lowest BCUT2D eigenvalue weighted by Gasteiger charge is -2.12. The Morgan fingerprint density at radius 3 is 3.11 bits per heavy atom. The van der Waals surface area contributed by atoms with Crippen molar-refractivity contribution in [1.29, 1.82) is 0 Å². The van der Waals surface area contributed by atoms with Crippen molar-refractivity contribution in [2.75, 3.05) is 19.5 Å². The molecular formula is C12H18ClN3OS. The average molecular weight is 288 g/mol. The topological polar surface area (TPSA) is 37.6 Å². The van der Waals surface area contributed by atoms with Crippen LogP contribution in [0.2, 0.25) is 0 Å². The van der Waals surface area contributed by atoms with Crippen LogP contribution in [0, 0.1) is 4.91 Å². The van der Waals surface area contributed by atoms with Crippen molar-refractivity contribution in [1.82, 2.24) is 8.87 Å². The second-order valence-electron chi connectivity index (χ2n) is 4.51. The number of unbranched alkanes of at least 4 members (excludes halogenated alkanes) is 1. The van der Waals surface area contributed by atoms with Crippen molar-refractivity contribution in [3.63, 3.8) is 0 Å². The number of nitroso groups, excluding NO2 is 1. The molecular weight excluding hydrogens is 270 g/mol. The lowest BCUT2D eigenvalue weighted by Crippen LogP contribution is -2.11. The number of aromatic nitrogens is 1. The molecule has 1 aromatic heterocycles. The van der Waals surface area contributed by atoms with E-state index in [9.17, 15) is 4.91 Å². The van der Waals surface area contributed by atoms with Gasteiger partial charge in [0.25, 0.3) is 0 Å². The molecule has 100 valence electrons. The summed E-state index contributed by atoms with van der Waals surface area (Å²) in [4.78, 5) is 12.2. The Morgan fingerprint density at radius 1 is 1.56 bits per heavy atom. The molecule has 1 unspecified atom stereocenters. The second kappa shape index (κ2) is 6.59. The fraction of sp³-hybridized carbons (Fsp3) is 0.667. The van der Waals surface area contributed by atoms with Crippen LogP contribution in [0.1, 0.15) is 31.0 Å². The van der Waals surface area contributed by atoms with Gasteiger partial charge in [-0.1, -0.05) is 5.18 Å². The van der Waals surface area contributed by atoms with E-state index in [0.29, 0.717) is 5.88 Å². The van der Waals surface area contributed by atoms with Crippen molar-refractivity contribution in [2.24, 2.45) is 5.18 Å². The molecule has 2 rings (SSSR count). The highest BCUT2D eigenvalue weighted by Crippen LogP contribution is 2.37. The SMILES string of the molecule is CN1CCC(N=O)c2c(ccn2CCCCCl)S1. The number of aryl methyl sites for hydroxylation is 1. The molecule has 18 heavy (non-hydrogen) atoms. The lowest BCUT2D eigenvalue weighted by atomic mass is 10.1. The van der Waals surface area contributed by atoms with Crippen molar-refractivity contribution in [3.05, 3.63) is 22.9 Å². The van der Waals surface area contributed by atoms with E-state index in [4.69, 9.17) is 11.6 Å². The molecule has 0 radical (unpaired) electrons. The van der Waals surface area contributed by atoms with Gasteiger partial charge in [0, 0.05) is 30.1 Å². The van der Waals surface area contributed by atoms with E-state index in [0.717, 1.165) is 42.9 Å². The number of halogens is 1. The third-order valence-electron chi connectivity index (χ3n) is 3.16. The van der Waals surface area contributed by atoms with Gasteiger partial charge in [0.1, 0.15) is 6.04 Å². The van der Waals surface area contributed by atoms with Gasteiger partial charge >= 0.3 is 0 Å². The van der Waals surface area contributed by atoms with E-state index in [2.05, 4.69) is 26.3 Å². The first-order chi connectivity index (χ1) is 8.76. The molecule has 0 aromatic carbocycles. The average Bonchev–Trinajstić information content (AvgIpc) is 2.67. The maximum absolute atomic E-state index is 11.1. The molecule has 0 saturated carbocycles. The van der Waals surface area contributed by atoms with Crippen molar-refractivity contribution >= 4 is 23.5 Å². The van der Waals surface area contributed by atoms with Crippen molar-refractivity contribution in [3.8, 4) is 0 Å². The number of fused-ring (bicyclic) bond motifs is 1. The van der Waals surface area contributed by atoms with Gasteiger partial charge in [-0.3, -0.25) is 0 Å². The van der Waals surface area contributed by atoms with Crippen LogP contribution < -0.4 is 0 Å². The molecule has 0 amide bonds. The van der Waals surface area contributed by atoms with Gasteiger partial charge in [0.15, 0.2) is 0 Å². The van der Waals surface area contributed by atoms with E-state index >= 15 is 0 Å². The van der Waals surface area contributed by atoms with Crippen LogP contribution in [0.15, 0.2) is 22.3 Å². The summed E-state index contributed by atoms with van der Waals surface area (Å²) in [5.74, 6) is 0.691. The first kappa shape index (κ1) is 13.9. The monoisotopic (exact) mass is 287 g/mol. The number of alkyl halides is 1. The van der Waals surface area contributed by atoms with Gasteiger partial charge in [-0.15, -0.1) is 11.6 Å². The summed E-state index contributed by atoms with van der Waals surface area (Å²) in [7, 11) is 2.05. The van der Waals surface area contributed by atoms with E-state index in [-0.39, 0.29) is 6.04 Å². The third-order valence-corrected chi connectivity index (χ3v) is 4.47. The molecule has 1 atom stereocenters. The maximum atomic E-state index is 11.1. The summed E-state index contributed by atoms with van der Waals surface area (Å²) in [6.07, 6.45) is 4.89. The predicted molar refractivity (Wildman–Crippen MR) is 76.0 cm³/mol. The largest absolute Gasteiger partial charge is 0.348 e. The summed E-state index contributed by atoms with van der Waals surface area (Å²) < 4.78 is 4.33. The molecule has 2 heterocycles. The Balaban J connectivity index is 2.20. The van der Waals surface area contributed by atoms with Crippen LogP contribution in [-0.4, -0.2) is 28.3 Å². The smallest absolute Gasteiger partial charge is 0.134 e. The first-order valence-corrected chi connectivity index (χ1v) is 7.53. The summed E-state index contributed by atoms with van der Waals surface area (Å²) in [6, 6.07) is 1.86. The van der Waals surface area contributed by atoms with E-state index in [1.165, 1.54) is 0 Å². The van der Waals surface area contributed by atoms with E-state index in [1.807, 2.05) is 7.05 Å². The highest BCUT2D eigenvalue weighted by atomic mass is 35.5. The molecule has 6 heteroatoms. The molecule has 0 fully saturated rings. The molecule has 1 aliphatic heterocycles. The Bertz CT molecular complexity index is 410. The Hall–Kier alpha value is -0.520. The number of hydrogen-bond acceptors (Lipinski definition) is 4. The highest BCUT2D eigenvalue weighted by molar-refractivity contribution is 7.97. The normalized spacial score (nSPS) is 20.4. The van der Waals surface area contributed by atoms with Gasteiger partial charge < -0.3 is 4.57 Å². The zero-order valence-electron chi connectivity index (χ0n) is 10.5. The highest BCUT2D eigenvalue weighted by Gasteiger charge is 2.25. The second-order valence-corrected chi connectivity index (χ2v) is 6.13. The predicted octanol–water partition coefficient (Wildman–Crippen LogP) is 3.66. The van der Waals surface area contributed by atoms with Gasteiger partial charge in [-0.25, -0.2) is 4.31 Å². The summed E-state index contributed by atoms with van der Waals surface area (Å²) >= 11 is 7.40. The molecule has 1 aliphatic rings. The Kier molecular flexibility index (Phi) is 5.09. The minimum Gasteiger partial charge on any atom is -0.348 e. The first-order valence-electron chi connectivity index (χ1n) is 6.23. The quantitative estimate of drug-likeness (QED) is 0.359. The molecule has 0 spiro atoms. The fourth-order valence-electron chi connectivity index (χ4n) is 2.23. The molecule has 4 nitrogen and oxygen atoms in total. The van der Waals surface area contributed by atoms with Crippen molar-refractivity contribution in [2.45, 2.75) is 36.7 Å². The van der Waals surface area contributed by atoms with Gasteiger partial charge in [0.05, 0.1) is 5.69 Å². The van der Waals surface area contributed by atoms with Crippen LogP contribution in [0.4, 0.5) is 0 Å². The van der Waals surface area contributed by atoms with Crippen LogP contribution >= 0.6 is 23.5 Å². The van der Waals surface area contributed by atoms with Crippen LogP contribution in [0.25, 0.3) is 0 Å². The summed E-state index contributed by atoms with van der Waals surface area (Å²) in [5.41, 5.74) is 1.08. The van der Waals surface area contributed by atoms with E-state index < -0.39 is 0 Å². The maximum Gasteiger partial charge on any atom is 0.134 e. The molecule has 0 N–H and O–H groups in total. The zero-order chi connectivity index (χ0) is 13.0. The minimum atomic E-state index is -0.219. The Morgan fingerprint density at radius 2 is 2.39 bits per heavy atom. The fourth-order valence-corrected chi connectivity index (χ4v) is 3.42. The van der Waals surface area contributed by atoms with Crippen LogP contribution in [0.5, 0.6) is 0 Å². The third kappa shape index (κ3) is 3.08. The van der Waals surface area contributed by atoms with Crippen LogP contribution in [-0.2, 0) is 6.54 Å². The van der Waals surface area contributed by atoms with Gasteiger partial charge in [0.2, 0.25) is 0 Å². The van der Waals surface area contributed by atoms with E-state index in [1.54, 1.807) is 11.9 Å². The Labute approximate surface area is 117 Å². The zero-order valence-corrected chi connectivity index (χ0v) is 12.1. The number of rotatable bonds is 5.